The topological polar surface area (TPSA) is 109 Å². The van der Waals surface area contributed by atoms with Crippen molar-refractivity contribution in [1.82, 2.24) is 16.0 Å². The second-order valence-corrected chi connectivity index (χ2v) is 6.35. The molecule has 0 spiro atoms. The molecule has 5 N–H and O–H groups in total. The number of halogens is 1. The fourth-order valence-electron chi connectivity index (χ4n) is 2.56. The van der Waals surface area contributed by atoms with Crippen LogP contribution in [0.1, 0.15) is 28.4 Å². The van der Waals surface area contributed by atoms with Gasteiger partial charge in [-0.25, -0.2) is 9.38 Å². The maximum Gasteiger partial charge on any atom is 0.251 e. The van der Waals surface area contributed by atoms with Crippen LogP contribution in [0.5, 0.6) is 0 Å². The van der Waals surface area contributed by atoms with Crippen LogP contribution in [0.3, 0.4) is 0 Å². The molecule has 0 aliphatic carbocycles. The zero-order valence-corrected chi connectivity index (χ0v) is 16.4. The maximum absolute atomic E-state index is 13.2. The van der Waals surface area contributed by atoms with Gasteiger partial charge in [0.1, 0.15) is 5.82 Å². The molecule has 0 saturated heterocycles. The molecule has 0 heterocycles. The van der Waals surface area contributed by atoms with E-state index in [9.17, 15) is 14.0 Å². The number of carbonyl (C=O) groups excluding carboxylic acids is 2. The highest BCUT2D eigenvalue weighted by Gasteiger charge is 2.06. The first kappa shape index (κ1) is 21.9. The van der Waals surface area contributed by atoms with Gasteiger partial charge in [-0.2, -0.15) is 0 Å². The van der Waals surface area contributed by atoms with Crippen molar-refractivity contribution >= 4 is 17.8 Å². The molecule has 2 rings (SSSR count). The van der Waals surface area contributed by atoms with Crippen LogP contribution in [0.15, 0.2) is 53.5 Å². The van der Waals surface area contributed by atoms with Gasteiger partial charge in [0.05, 0.1) is 13.1 Å². The smallest absolute Gasteiger partial charge is 0.251 e. The van der Waals surface area contributed by atoms with Gasteiger partial charge in [-0.15, -0.1) is 0 Å². The first-order chi connectivity index (χ1) is 14.0. The molecule has 0 aliphatic rings. The van der Waals surface area contributed by atoms with Crippen LogP contribution in [0.25, 0.3) is 0 Å². The molecule has 0 aliphatic heterocycles. The van der Waals surface area contributed by atoms with Crippen LogP contribution in [0.2, 0.25) is 0 Å². The predicted molar refractivity (Wildman–Crippen MR) is 111 cm³/mol. The van der Waals surface area contributed by atoms with Crippen molar-refractivity contribution in [3.05, 3.63) is 71.0 Å². The molecule has 0 fully saturated rings. The molecule has 2 aromatic carbocycles. The van der Waals surface area contributed by atoms with Gasteiger partial charge in [0.25, 0.3) is 5.91 Å². The molecule has 2 amide bonds. The number of carbonyl (C=O) groups is 2. The van der Waals surface area contributed by atoms with E-state index in [0.29, 0.717) is 37.6 Å². The number of amides is 2. The highest BCUT2D eigenvalue weighted by Crippen LogP contribution is 2.06. The van der Waals surface area contributed by atoms with Crippen LogP contribution in [0.4, 0.5) is 4.39 Å². The van der Waals surface area contributed by atoms with Crippen molar-refractivity contribution in [1.29, 1.82) is 0 Å². The molecule has 2 aromatic rings. The first-order valence-electron chi connectivity index (χ1n) is 9.40. The Hall–Kier alpha value is -3.42. The van der Waals surface area contributed by atoms with E-state index < -0.39 is 5.91 Å². The van der Waals surface area contributed by atoms with Crippen molar-refractivity contribution in [2.75, 3.05) is 19.6 Å². The van der Waals surface area contributed by atoms with Crippen LogP contribution >= 0.6 is 0 Å². The summed E-state index contributed by atoms with van der Waals surface area (Å²) >= 11 is 0. The lowest BCUT2D eigenvalue weighted by Crippen LogP contribution is -2.38. The lowest BCUT2D eigenvalue weighted by atomic mass is 10.1. The largest absolute Gasteiger partial charge is 0.368 e. The van der Waals surface area contributed by atoms with Crippen LogP contribution < -0.4 is 21.7 Å². The molecular weight excluding hydrogens is 373 g/mol. The predicted octanol–water partition coefficient (Wildman–Crippen LogP) is 1.34. The van der Waals surface area contributed by atoms with Gasteiger partial charge in [0.2, 0.25) is 5.91 Å². The summed E-state index contributed by atoms with van der Waals surface area (Å²) in [6.45, 7) is 3.54. The van der Waals surface area contributed by atoms with Crippen molar-refractivity contribution in [3.63, 3.8) is 0 Å². The second kappa shape index (κ2) is 11.4. The van der Waals surface area contributed by atoms with E-state index in [4.69, 9.17) is 5.73 Å². The molecule has 0 unspecified atom stereocenters. The molecular formula is C21H26FN5O2. The van der Waals surface area contributed by atoms with Gasteiger partial charge in [-0.05, 0) is 48.7 Å². The number of primary amides is 1. The summed E-state index contributed by atoms with van der Waals surface area (Å²) < 4.78 is 13.2. The van der Waals surface area contributed by atoms with Crippen molar-refractivity contribution in [2.45, 2.75) is 19.9 Å². The summed E-state index contributed by atoms with van der Waals surface area (Å²) in [5.41, 5.74) is 7.30. The fraction of sp³-hybridized carbons (Fsp3) is 0.286. The third-order valence-corrected chi connectivity index (χ3v) is 4.00. The number of hydrogen-bond donors (Lipinski definition) is 4. The van der Waals surface area contributed by atoms with Gasteiger partial charge in [0.15, 0.2) is 5.96 Å². The van der Waals surface area contributed by atoms with Gasteiger partial charge in [-0.3, -0.25) is 9.59 Å². The highest BCUT2D eigenvalue weighted by molar-refractivity contribution is 5.96. The quantitative estimate of drug-likeness (QED) is 0.377. The molecule has 0 bridgehead atoms. The van der Waals surface area contributed by atoms with Gasteiger partial charge < -0.3 is 21.7 Å². The van der Waals surface area contributed by atoms with E-state index in [0.717, 1.165) is 11.1 Å². The normalized spacial score (nSPS) is 11.0. The summed E-state index contributed by atoms with van der Waals surface area (Å²) in [6.07, 6.45) is 0.678. The fourth-order valence-corrected chi connectivity index (χ4v) is 2.56. The third kappa shape index (κ3) is 8.00. The van der Waals surface area contributed by atoms with E-state index in [2.05, 4.69) is 20.9 Å². The Morgan fingerprint density at radius 3 is 2.45 bits per heavy atom. The van der Waals surface area contributed by atoms with E-state index in [1.54, 1.807) is 30.3 Å². The molecule has 7 nitrogen and oxygen atoms in total. The van der Waals surface area contributed by atoms with E-state index in [1.807, 2.05) is 13.0 Å². The molecule has 154 valence electrons. The molecule has 0 saturated carbocycles. The second-order valence-electron chi connectivity index (χ2n) is 6.35. The van der Waals surface area contributed by atoms with E-state index in [1.165, 1.54) is 12.1 Å². The minimum absolute atomic E-state index is 0.196. The monoisotopic (exact) mass is 399 g/mol. The lowest BCUT2D eigenvalue weighted by Gasteiger charge is -2.11. The van der Waals surface area contributed by atoms with Crippen molar-refractivity contribution in [2.24, 2.45) is 10.7 Å². The Kier molecular flexibility index (Phi) is 8.62. The Morgan fingerprint density at radius 2 is 1.79 bits per heavy atom. The minimum atomic E-state index is -0.592. The highest BCUT2D eigenvalue weighted by atomic mass is 19.1. The zero-order chi connectivity index (χ0) is 21.1. The van der Waals surface area contributed by atoms with Crippen LogP contribution in [-0.2, 0) is 17.8 Å². The summed E-state index contributed by atoms with van der Waals surface area (Å²) in [4.78, 5) is 27.1. The Morgan fingerprint density at radius 1 is 1.03 bits per heavy atom. The first-order valence-corrected chi connectivity index (χ1v) is 9.40. The number of nitrogens with one attached hydrogen (secondary N) is 3. The average Bonchev–Trinajstić information content (AvgIpc) is 2.70. The standard InChI is InChI=1S/C21H26FN5O2/c1-2-24-21(25-11-10-15-4-3-5-18(22)12-15)27-13-16-6-8-17(9-7-16)20(29)26-14-19(23)28/h3-9,12H,2,10-11,13-14H2,1H3,(H2,23,28)(H,26,29)(H2,24,25,27). The molecule has 8 heteroatoms. The zero-order valence-electron chi connectivity index (χ0n) is 16.4. The molecule has 29 heavy (non-hydrogen) atoms. The van der Waals surface area contributed by atoms with Gasteiger partial charge in [-0.1, -0.05) is 24.3 Å². The Bertz CT molecular complexity index is 852. The van der Waals surface area contributed by atoms with Crippen molar-refractivity contribution in [3.8, 4) is 0 Å². The number of benzene rings is 2. The summed E-state index contributed by atoms with van der Waals surface area (Å²) in [7, 11) is 0. The molecule has 0 radical (unpaired) electrons. The SMILES string of the molecule is CCNC(=NCc1ccc(C(=O)NCC(N)=O)cc1)NCCc1cccc(F)c1. The Balaban J connectivity index is 1.88. The lowest BCUT2D eigenvalue weighted by molar-refractivity contribution is -0.117. The Labute approximate surface area is 169 Å². The summed E-state index contributed by atoms with van der Waals surface area (Å²) in [5, 5.41) is 8.83. The van der Waals surface area contributed by atoms with Crippen LogP contribution in [0, 0.1) is 5.82 Å². The number of nitrogens with two attached hydrogens (primary N) is 1. The number of guanidine groups is 1. The number of nitrogens with zero attached hydrogens (tertiary/aromatic N) is 1. The average molecular weight is 399 g/mol. The van der Waals surface area contributed by atoms with E-state index in [-0.39, 0.29) is 18.3 Å². The molecule has 0 atom stereocenters. The van der Waals surface area contributed by atoms with Gasteiger partial charge in [0, 0.05) is 18.7 Å². The molecule has 0 aromatic heterocycles. The van der Waals surface area contributed by atoms with Gasteiger partial charge >= 0.3 is 0 Å². The number of rotatable bonds is 9. The minimum Gasteiger partial charge on any atom is -0.368 e. The van der Waals surface area contributed by atoms with Crippen LogP contribution in [-0.4, -0.2) is 37.4 Å². The van der Waals surface area contributed by atoms with E-state index >= 15 is 0 Å². The third-order valence-electron chi connectivity index (χ3n) is 4.00. The van der Waals surface area contributed by atoms with Crippen molar-refractivity contribution < 1.29 is 14.0 Å². The number of hydrogen-bond acceptors (Lipinski definition) is 3. The number of aliphatic imine (C=N–C) groups is 1. The summed E-state index contributed by atoms with van der Waals surface area (Å²) in [6, 6.07) is 13.5. The maximum atomic E-state index is 13.2. The summed E-state index contributed by atoms with van der Waals surface area (Å²) in [5.74, 6) is -0.529.